The molecule has 2 aromatic rings. The van der Waals surface area contributed by atoms with Crippen molar-refractivity contribution in [3.05, 3.63) is 53.3 Å². The van der Waals surface area contributed by atoms with Crippen molar-refractivity contribution in [2.24, 2.45) is 0 Å². The quantitative estimate of drug-likeness (QED) is 0.670. The van der Waals surface area contributed by atoms with E-state index in [9.17, 15) is 17.6 Å². The van der Waals surface area contributed by atoms with Gasteiger partial charge >= 0.3 is 6.18 Å². The zero-order valence-corrected chi connectivity index (χ0v) is 10.4. The minimum Gasteiger partial charge on any atom is -0.455 e. The van der Waals surface area contributed by atoms with Gasteiger partial charge in [0.05, 0.1) is 22.9 Å². The maximum absolute atomic E-state index is 12.9. The summed E-state index contributed by atoms with van der Waals surface area (Å²) in [6.07, 6.45) is -4.63. The fourth-order valence-corrected chi connectivity index (χ4v) is 1.67. The highest BCUT2D eigenvalue weighted by Gasteiger charge is 2.33. The van der Waals surface area contributed by atoms with Crippen molar-refractivity contribution >= 4 is 5.69 Å². The Labute approximate surface area is 117 Å². The van der Waals surface area contributed by atoms with Gasteiger partial charge in [-0.05, 0) is 30.3 Å². The molecule has 0 saturated carbocycles. The number of alkyl halides is 3. The SMILES string of the molecule is N#Cc1cc(Oc2ccc(F)cc2N)ccc1C(F)(F)F. The van der Waals surface area contributed by atoms with Gasteiger partial charge in [0.15, 0.2) is 5.75 Å². The monoisotopic (exact) mass is 296 g/mol. The van der Waals surface area contributed by atoms with Gasteiger partial charge in [0.1, 0.15) is 11.6 Å². The standard InChI is InChI=1S/C14H8F4N2O/c15-9-1-4-13(12(20)6-9)21-10-2-3-11(14(16,17)18)8(5-10)7-19/h1-6H,20H2. The number of hydrogen-bond acceptors (Lipinski definition) is 3. The van der Waals surface area contributed by atoms with Gasteiger partial charge < -0.3 is 10.5 Å². The highest BCUT2D eigenvalue weighted by molar-refractivity contribution is 5.55. The first kappa shape index (κ1) is 14.7. The summed E-state index contributed by atoms with van der Waals surface area (Å²) < 4.78 is 56.1. The Morgan fingerprint density at radius 3 is 2.38 bits per heavy atom. The van der Waals surface area contributed by atoms with Crippen LogP contribution in [0.25, 0.3) is 0 Å². The predicted octanol–water partition coefficient (Wildman–Crippen LogP) is 4.09. The molecule has 0 spiro atoms. The van der Waals surface area contributed by atoms with E-state index >= 15 is 0 Å². The molecule has 108 valence electrons. The lowest BCUT2D eigenvalue weighted by Gasteiger charge is -2.12. The number of nitrogens with two attached hydrogens (primary N) is 1. The molecule has 0 unspecified atom stereocenters. The second-order valence-electron chi connectivity index (χ2n) is 4.10. The number of hydrogen-bond donors (Lipinski definition) is 1. The van der Waals surface area contributed by atoms with Gasteiger partial charge in [0.2, 0.25) is 0 Å². The van der Waals surface area contributed by atoms with Crippen LogP contribution in [0.1, 0.15) is 11.1 Å². The molecule has 0 aliphatic rings. The molecule has 0 aliphatic heterocycles. The number of anilines is 1. The van der Waals surface area contributed by atoms with Gasteiger partial charge in [-0.3, -0.25) is 0 Å². The number of rotatable bonds is 2. The fourth-order valence-electron chi connectivity index (χ4n) is 1.67. The summed E-state index contributed by atoms with van der Waals surface area (Å²) >= 11 is 0. The van der Waals surface area contributed by atoms with E-state index in [1.54, 1.807) is 0 Å². The highest BCUT2D eigenvalue weighted by Crippen LogP contribution is 2.35. The van der Waals surface area contributed by atoms with Crippen molar-refractivity contribution in [1.82, 2.24) is 0 Å². The molecule has 7 heteroatoms. The molecule has 0 fully saturated rings. The molecule has 2 rings (SSSR count). The molecule has 0 amide bonds. The predicted molar refractivity (Wildman–Crippen MR) is 67.0 cm³/mol. The molecule has 3 nitrogen and oxygen atoms in total. The summed E-state index contributed by atoms with van der Waals surface area (Å²) in [6.45, 7) is 0. The maximum atomic E-state index is 12.9. The Bertz CT molecular complexity index is 720. The lowest BCUT2D eigenvalue weighted by molar-refractivity contribution is -0.137. The van der Waals surface area contributed by atoms with Crippen LogP contribution in [0.4, 0.5) is 23.2 Å². The number of ether oxygens (including phenoxy) is 1. The second-order valence-corrected chi connectivity index (χ2v) is 4.10. The van der Waals surface area contributed by atoms with Crippen LogP contribution in [0.5, 0.6) is 11.5 Å². The Kier molecular flexibility index (Phi) is 3.72. The van der Waals surface area contributed by atoms with Gasteiger partial charge in [0.25, 0.3) is 0 Å². The van der Waals surface area contributed by atoms with Crippen molar-refractivity contribution < 1.29 is 22.3 Å². The third kappa shape index (κ3) is 3.23. The Morgan fingerprint density at radius 2 is 1.81 bits per heavy atom. The highest BCUT2D eigenvalue weighted by atomic mass is 19.4. The molecule has 0 saturated heterocycles. The van der Waals surface area contributed by atoms with E-state index in [1.165, 1.54) is 12.1 Å². The minimum absolute atomic E-state index is 0.00198. The molecule has 0 heterocycles. The third-order valence-corrected chi connectivity index (χ3v) is 2.62. The van der Waals surface area contributed by atoms with Crippen molar-refractivity contribution in [1.29, 1.82) is 5.26 Å². The molecule has 0 bridgehead atoms. The Morgan fingerprint density at radius 1 is 1.10 bits per heavy atom. The molecule has 0 radical (unpaired) electrons. The molecule has 0 aliphatic carbocycles. The first-order valence-electron chi connectivity index (χ1n) is 5.65. The average molecular weight is 296 g/mol. The Balaban J connectivity index is 2.36. The van der Waals surface area contributed by atoms with Gasteiger partial charge in [0, 0.05) is 6.07 Å². The van der Waals surface area contributed by atoms with E-state index in [4.69, 9.17) is 15.7 Å². The van der Waals surface area contributed by atoms with Crippen molar-refractivity contribution in [2.75, 3.05) is 5.73 Å². The maximum Gasteiger partial charge on any atom is 0.417 e. The van der Waals surface area contributed by atoms with Gasteiger partial charge in [-0.2, -0.15) is 18.4 Å². The smallest absolute Gasteiger partial charge is 0.417 e. The van der Waals surface area contributed by atoms with Crippen LogP contribution in [-0.4, -0.2) is 0 Å². The molecule has 2 aromatic carbocycles. The van der Waals surface area contributed by atoms with Crippen molar-refractivity contribution in [3.63, 3.8) is 0 Å². The largest absolute Gasteiger partial charge is 0.455 e. The van der Waals surface area contributed by atoms with E-state index in [2.05, 4.69) is 0 Å². The minimum atomic E-state index is -4.63. The fraction of sp³-hybridized carbons (Fsp3) is 0.0714. The molecule has 0 atom stereocenters. The van der Waals surface area contributed by atoms with Crippen LogP contribution in [0.15, 0.2) is 36.4 Å². The summed E-state index contributed by atoms with van der Waals surface area (Å²) in [5.74, 6) is -0.483. The van der Waals surface area contributed by atoms with Gasteiger partial charge in [-0.15, -0.1) is 0 Å². The lowest BCUT2D eigenvalue weighted by atomic mass is 10.1. The van der Waals surface area contributed by atoms with E-state index in [0.29, 0.717) is 0 Å². The van der Waals surface area contributed by atoms with Gasteiger partial charge in [-0.1, -0.05) is 0 Å². The zero-order valence-electron chi connectivity index (χ0n) is 10.4. The third-order valence-electron chi connectivity index (χ3n) is 2.62. The van der Waals surface area contributed by atoms with Crippen molar-refractivity contribution in [3.8, 4) is 17.6 Å². The average Bonchev–Trinajstić information content (AvgIpc) is 2.40. The molecular weight excluding hydrogens is 288 g/mol. The van der Waals surface area contributed by atoms with E-state index in [1.807, 2.05) is 0 Å². The van der Waals surface area contributed by atoms with Crippen LogP contribution < -0.4 is 10.5 Å². The molecular formula is C14H8F4N2O. The summed E-state index contributed by atoms with van der Waals surface area (Å²) in [4.78, 5) is 0. The second kappa shape index (κ2) is 5.32. The summed E-state index contributed by atoms with van der Waals surface area (Å²) in [6, 6.07) is 7.58. The number of nitrogen functional groups attached to an aromatic ring is 1. The summed E-state index contributed by atoms with van der Waals surface area (Å²) in [5.41, 5.74) is 3.90. The number of nitrogens with zero attached hydrogens (tertiary/aromatic N) is 1. The first-order valence-corrected chi connectivity index (χ1v) is 5.65. The molecule has 0 aromatic heterocycles. The Hall–Kier alpha value is -2.75. The van der Waals surface area contributed by atoms with Crippen LogP contribution >= 0.6 is 0 Å². The van der Waals surface area contributed by atoms with E-state index < -0.39 is 23.1 Å². The van der Waals surface area contributed by atoms with E-state index in [-0.39, 0.29) is 17.2 Å². The van der Waals surface area contributed by atoms with Crippen LogP contribution in [0.3, 0.4) is 0 Å². The number of halogens is 4. The summed E-state index contributed by atoms with van der Waals surface area (Å²) in [7, 11) is 0. The zero-order chi connectivity index (χ0) is 15.6. The van der Waals surface area contributed by atoms with Crippen molar-refractivity contribution in [2.45, 2.75) is 6.18 Å². The molecule has 2 N–H and O–H groups in total. The number of nitriles is 1. The van der Waals surface area contributed by atoms with Crippen LogP contribution in [0, 0.1) is 17.1 Å². The van der Waals surface area contributed by atoms with Gasteiger partial charge in [-0.25, -0.2) is 4.39 Å². The number of benzene rings is 2. The lowest BCUT2D eigenvalue weighted by Crippen LogP contribution is -2.07. The van der Waals surface area contributed by atoms with E-state index in [0.717, 1.165) is 30.3 Å². The topological polar surface area (TPSA) is 59.0 Å². The first-order chi connectivity index (χ1) is 9.81. The normalized spacial score (nSPS) is 11.0. The summed E-state index contributed by atoms with van der Waals surface area (Å²) in [5, 5.41) is 8.78. The van der Waals surface area contributed by atoms with Crippen LogP contribution in [0.2, 0.25) is 0 Å². The van der Waals surface area contributed by atoms with Crippen LogP contribution in [-0.2, 0) is 6.18 Å². The molecule has 21 heavy (non-hydrogen) atoms.